The number of hydrogen-bond donors (Lipinski definition) is 2. The fourth-order valence-electron chi connectivity index (χ4n) is 2.96. The Balaban J connectivity index is 1.93. The number of likely N-dealkylation sites (tertiary alicyclic amines) is 1. The van der Waals surface area contributed by atoms with Crippen LogP contribution in [0.25, 0.3) is 0 Å². The van der Waals surface area contributed by atoms with Crippen LogP contribution in [-0.2, 0) is 6.54 Å². The van der Waals surface area contributed by atoms with Gasteiger partial charge in [-0.05, 0) is 39.0 Å². The van der Waals surface area contributed by atoms with Crippen molar-refractivity contribution in [2.45, 2.75) is 32.4 Å². The molecule has 3 N–H and O–H groups in total. The normalized spacial score (nSPS) is 19.7. The predicted molar refractivity (Wildman–Crippen MR) is 77.0 cm³/mol. The summed E-state index contributed by atoms with van der Waals surface area (Å²) in [5.41, 5.74) is 2.98. The molecule has 2 rings (SSSR count). The van der Waals surface area contributed by atoms with Crippen LogP contribution in [-0.4, -0.2) is 48.4 Å². The minimum atomic E-state index is -0.380. The molecular weight excluding hydrogens is 256 g/mol. The largest absolute Gasteiger partial charge is 0.459 e. The molecule has 1 saturated heterocycles. The molecule has 20 heavy (non-hydrogen) atoms. The van der Waals surface area contributed by atoms with Gasteiger partial charge in [0.05, 0.1) is 6.26 Å². The summed E-state index contributed by atoms with van der Waals surface area (Å²) in [5, 5.41) is 0. The number of nitrogens with one attached hydrogen (secondary N) is 1. The number of nitrogens with zero attached hydrogens (tertiary/aromatic N) is 2. The van der Waals surface area contributed by atoms with Gasteiger partial charge in [-0.15, -0.1) is 0 Å². The molecule has 0 bridgehead atoms. The number of furan rings is 1. The molecule has 1 amide bonds. The molecule has 0 saturated carbocycles. The lowest BCUT2D eigenvalue weighted by Gasteiger charge is -2.27. The van der Waals surface area contributed by atoms with E-state index in [1.165, 1.54) is 25.6 Å². The zero-order valence-corrected chi connectivity index (χ0v) is 12.3. The third kappa shape index (κ3) is 3.39. The van der Waals surface area contributed by atoms with Crippen molar-refractivity contribution in [1.29, 1.82) is 0 Å². The number of hydrazine groups is 1. The Bertz CT molecular complexity index is 446. The molecule has 6 heteroatoms. The smallest absolute Gasteiger partial charge is 0.301 e. The number of carbonyl (C=O) groups is 1. The van der Waals surface area contributed by atoms with E-state index in [1.54, 1.807) is 0 Å². The molecule has 1 aliphatic rings. The number of rotatable bonds is 6. The first kappa shape index (κ1) is 15.0. The second-order valence-corrected chi connectivity index (χ2v) is 5.37. The summed E-state index contributed by atoms with van der Waals surface area (Å²) >= 11 is 0. The molecule has 1 aliphatic heterocycles. The first-order valence-electron chi connectivity index (χ1n) is 7.15. The first-order chi connectivity index (χ1) is 9.65. The highest BCUT2D eigenvalue weighted by Gasteiger charge is 2.24. The van der Waals surface area contributed by atoms with Gasteiger partial charge in [0.1, 0.15) is 0 Å². The van der Waals surface area contributed by atoms with Gasteiger partial charge < -0.3 is 9.32 Å². The average molecular weight is 280 g/mol. The molecular formula is C14H24N4O2. The van der Waals surface area contributed by atoms with Crippen LogP contribution in [0.4, 0.5) is 0 Å². The molecule has 1 aromatic heterocycles. The van der Waals surface area contributed by atoms with Crippen LogP contribution in [0.5, 0.6) is 0 Å². The second-order valence-electron chi connectivity index (χ2n) is 5.37. The highest BCUT2D eigenvalue weighted by Crippen LogP contribution is 2.19. The monoisotopic (exact) mass is 280 g/mol. The Labute approximate surface area is 119 Å². The van der Waals surface area contributed by atoms with Crippen LogP contribution in [0.1, 0.15) is 35.9 Å². The summed E-state index contributed by atoms with van der Waals surface area (Å²) in [6.07, 6.45) is 4.06. The van der Waals surface area contributed by atoms with Gasteiger partial charge >= 0.3 is 5.91 Å². The van der Waals surface area contributed by atoms with Gasteiger partial charge in [-0.1, -0.05) is 6.92 Å². The number of amides is 1. The van der Waals surface area contributed by atoms with E-state index in [-0.39, 0.29) is 5.91 Å². The lowest BCUT2D eigenvalue weighted by atomic mass is 10.2. The number of nitrogens with two attached hydrogens (primary N) is 1. The SMILES string of the molecule is CCN1CCCC1CN(C)Cc1ccoc1C(=O)NN. The van der Waals surface area contributed by atoms with Crippen molar-refractivity contribution in [1.82, 2.24) is 15.2 Å². The van der Waals surface area contributed by atoms with Crippen molar-refractivity contribution in [3.05, 3.63) is 23.7 Å². The molecule has 0 aliphatic carbocycles. The summed E-state index contributed by atoms with van der Waals surface area (Å²) < 4.78 is 5.20. The van der Waals surface area contributed by atoms with Crippen LogP contribution in [0.3, 0.4) is 0 Å². The van der Waals surface area contributed by atoms with Gasteiger partial charge in [-0.2, -0.15) is 0 Å². The van der Waals surface area contributed by atoms with E-state index in [4.69, 9.17) is 10.3 Å². The lowest BCUT2D eigenvalue weighted by molar-refractivity contribution is 0.0923. The number of hydrogen-bond acceptors (Lipinski definition) is 5. The minimum absolute atomic E-state index is 0.304. The Kier molecular flexibility index (Phi) is 5.17. The van der Waals surface area contributed by atoms with E-state index >= 15 is 0 Å². The summed E-state index contributed by atoms with van der Waals surface area (Å²) in [6.45, 7) is 6.20. The van der Waals surface area contributed by atoms with E-state index in [9.17, 15) is 4.79 Å². The van der Waals surface area contributed by atoms with E-state index in [1.807, 2.05) is 6.07 Å². The number of nitrogen functional groups attached to an aromatic ring is 1. The molecule has 1 unspecified atom stereocenters. The standard InChI is InChI=1S/C14H24N4O2/c1-3-18-7-4-5-12(18)10-17(2)9-11-6-8-20-13(11)14(19)16-15/h6,8,12H,3-5,7,9-10,15H2,1-2H3,(H,16,19). The van der Waals surface area contributed by atoms with Gasteiger partial charge in [-0.25, -0.2) is 5.84 Å². The summed E-state index contributed by atoms with van der Waals surface area (Å²) in [7, 11) is 2.07. The van der Waals surface area contributed by atoms with Crippen molar-refractivity contribution in [2.24, 2.45) is 5.84 Å². The first-order valence-corrected chi connectivity index (χ1v) is 7.15. The van der Waals surface area contributed by atoms with E-state index < -0.39 is 0 Å². The molecule has 0 spiro atoms. The van der Waals surface area contributed by atoms with Crippen LogP contribution >= 0.6 is 0 Å². The summed E-state index contributed by atoms with van der Waals surface area (Å²) in [6, 6.07) is 2.44. The van der Waals surface area contributed by atoms with Crippen molar-refractivity contribution in [3.63, 3.8) is 0 Å². The summed E-state index contributed by atoms with van der Waals surface area (Å²) in [4.78, 5) is 16.3. The molecule has 0 aromatic carbocycles. The lowest BCUT2D eigenvalue weighted by Crippen LogP contribution is -2.38. The molecule has 2 heterocycles. The molecule has 1 aromatic rings. The number of carbonyl (C=O) groups excluding carboxylic acids is 1. The zero-order chi connectivity index (χ0) is 14.5. The quantitative estimate of drug-likeness (QED) is 0.458. The van der Waals surface area contributed by atoms with Crippen LogP contribution in [0.15, 0.2) is 16.7 Å². The van der Waals surface area contributed by atoms with Crippen molar-refractivity contribution in [2.75, 3.05) is 26.7 Å². The predicted octanol–water partition coefficient (Wildman–Crippen LogP) is 0.799. The Hall–Kier alpha value is -1.37. The van der Waals surface area contributed by atoms with Gasteiger partial charge in [0.2, 0.25) is 0 Å². The average Bonchev–Trinajstić information content (AvgIpc) is 3.06. The maximum absolute atomic E-state index is 11.6. The molecule has 1 atom stereocenters. The van der Waals surface area contributed by atoms with Gasteiger partial charge in [-0.3, -0.25) is 15.1 Å². The Morgan fingerprint density at radius 2 is 2.45 bits per heavy atom. The van der Waals surface area contributed by atoms with Crippen LogP contribution in [0, 0.1) is 0 Å². The maximum Gasteiger partial charge on any atom is 0.301 e. The molecule has 1 fully saturated rings. The van der Waals surface area contributed by atoms with Crippen LogP contribution in [0.2, 0.25) is 0 Å². The van der Waals surface area contributed by atoms with E-state index in [2.05, 4.69) is 29.2 Å². The van der Waals surface area contributed by atoms with Crippen LogP contribution < -0.4 is 11.3 Å². The maximum atomic E-state index is 11.6. The number of likely N-dealkylation sites (N-methyl/N-ethyl adjacent to an activating group) is 2. The Morgan fingerprint density at radius 3 is 3.15 bits per heavy atom. The Morgan fingerprint density at radius 1 is 1.65 bits per heavy atom. The van der Waals surface area contributed by atoms with Crippen molar-refractivity contribution < 1.29 is 9.21 Å². The van der Waals surface area contributed by atoms with Gasteiger partial charge in [0, 0.05) is 24.7 Å². The van der Waals surface area contributed by atoms with Gasteiger partial charge in [0.15, 0.2) is 5.76 Å². The third-order valence-electron chi connectivity index (χ3n) is 3.95. The topological polar surface area (TPSA) is 74.7 Å². The second kappa shape index (κ2) is 6.88. The highest BCUT2D eigenvalue weighted by atomic mass is 16.3. The van der Waals surface area contributed by atoms with Crippen molar-refractivity contribution in [3.8, 4) is 0 Å². The van der Waals surface area contributed by atoms with E-state index in [0.717, 1.165) is 18.7 Å². The fraction of sp³-hybridized carbons (Fsp3) is 0.643. The van der Waals surface area contributed by atoms with Crippen molar-refractivity contribution >= 4 is 5.91 Å². The third-order valence-corrected chi connectivity index (χ3v) is 3.95. The molecule has 112 valence electrons. The minimum Gasteiger partial charge on any atom is -0.459 e. The molecule has 6 nitrogen and oxygen atoms in total. The summed E-state index contributed by atoms with van der Waals surface area (Å²) in [5.74, 6) is 5.08. The van der Waals surface area contributed by atoms with E-state index in [0.29, 0.717) is 18.3 Å². The highest BCUT2D eigenvalue weighted by molar-refractivity contribution is 5.92. The van der Waals surface area contributed by atoms with Gasteiger partial charge in [0.25, 0.3) is 0 Å². The molecule has 0 radical (unpaired) electrons. The fourth-order valence-corrected chi connectivity index (χ4v) is 2.96. The zero-order valence-electron chi connectivity index (χ0n) is 12.3.